The van der Waals surface area contributed by atoms with E-state index in [1.165, 1.54) is 5.56 Å². The van der Waals surface area contributed by atoms with Crippen molar-refractivity contribution in [3.8, 4) is 0 Å². The molecule has 1 aromatic carbocycles. The van der Waals surface area contributed by atoms with E-state index in [9.17, 15) is 4.79 Å². The van der Waals surface area contributed by atoms with Gasteiger partial charge in [-0.3, -0.25) is 4.79 Å². The number of aliphatic imine (C=N–C) groups is 1. The van der Waals surface area contributed by atoms with E-state index in [4.69, 9.17) is 0 Å². The summed E-state index contributed by atoms with van der Waals surface area (Å²) in [4.78, 5) is 16.6. The lowest BCUT2D eigenvalue weighted by molar-refractivity contribution is 0.0953. The molecular weight excluding hydrogens is 527 g/mol. The van der Waals surface area contributed by atoms with Crippen molar-refractivity contribution < 1.29 is 4.79 Å². The predicted molar refractivity (Wildman–Crippen MR) is 124 cm³/mol. The average molecular weight is 551 g/mol. The Balaban J connectivity index is 0.00000338. The van der Waals surface area contributed by atoms with Crippen molar-refractivity contribution in [2.24, 2.45) is 4.99 Å². The van der Waals surface area contributed by atoms with E-state index in [0.717, 1.165) is 29.9 Å². The molecule has 3 N–H and O–H groups in total. The molecule has 0 saturated carbocycles. The summed E-state index contributed by atoms with van der Waals surface area (Å²) in [5.41, 5.74) is 1.88. The van der Waals surface area contributed by atoms with Crippen LogP contribution in [0.1, 0.15) is 29.3 Å². The lowest BCUT2D eigenvalue weighted by atomic mass is 10.2. The first-order valence-electron chi connectivity index (χ1n) is 8.26. The third-order valence-electron chi connectivity index (χ3n) is 3.38. The van der Waals surface area contributed by atoms with Crippen LogP contribution in [0.2, 0.25) is 0 Å². The largest absolute Gasteiger partial charge is 0.357 e. The fraction of sp³-hybridized carbons (Fsp3) is 0.333. The first-order valence-corrected chi connectivity index (χ1v) is 9.99. The minimum Gasteiger partial charge on any atom is -0.357 e. The van der Waals surface area contributed by atoms with E-state index in [0.29, 0.717) is 18.7 Å². The predicted octanol–water partition coefficient (Wildman–Crippen LogP) is 4.00. The van der Waals surface area contributed by atoms with Crippen molar-refractivity contribution >= 4 is 63.1 Å². The summed E-state index contributed by atoms with van der Waals surface area (Å²) in [5.74, 6) is 0.749. The van der Waals surface area contributed by atoms with Crippen LogP contribution >= 0.6 is 51.2 Å². The van der Waals surface area contributed by atoms with Crippen LogP contribution in [-0.2, 0) is 6.54 Å². The molecule has 0 aliphatic carbocycles. The summed E-state index contributed by atoms with van der Waals surface area (Å²) in [6, 6.07) is 9.41. The number of benzene rings is 1. The van der Waals surface area contributed by atoms with E-state index in [1.807, 2.05) is 19.1 Å². The van der Waals surface area contributed by atoms with Gasteiger partial charge in [-0.15, -0.1) is 24.0 Å². The van der Waals surface area contributed by atoms with Gasteiger partial charge in [0.05, 0.1) is 6.54 Å². The van der Waals surface area contributed by atoms with E-state index < -0.39 is 0 Å². The molecule has 2 aromatic rings. The SMILES string of the molecule is CCNC(=NCc1ccsc1)NCCCNC(=O)c1ccc(Br)cc1.I. The zero-order valence-corrected chi connectivity index (χ0v) is 19.4. The van der Waals surface area contributed by atoms with Gasteiger partial charge in [-0.1, -0.05) is 15.9 Å². The number of halogens is 2. The van der Waals surface area contributed by atoms with E-state index in [1.54, 1.807) is 23.5 Å². The molecule has 8 heteroatoms. The van der Waals surface area contributed by atoms with Crippen LogP contribution in [0, 0.1) is 0 Å². The summed E-state index contributed by atoms with van der Waals surface area (Å²) < 4.78 is 0.964. The number of thiophene rings is 1. The molecule has 1 aromatic heterocycles. The second kappa shape index (κ2) is 13.1. The molecule has 1 amide bonds. The Hall–Kier alpha value is -1.13. The quantitative estimate of drug-likeness (QED) is 0.201. The highest BCUT2D eigenvalue weighted by Gasteiger charge is 2.04. The fourth-order valence-electron chi connectivity index (χ4n) is 2.10. The van der Waals surface area contributed by atoms with Gasteiger partial charge in [0.1, 0.15) is 0 Å². The Morgan fingerprint density at radius 1 is 1.12 bits per heavy atom. The number of guanidine groups is 1. The highest BCUT2D eigenvalue weighted by molar-refractivity contribution is 14.0. The van der Waals surface area contributed by atoms with Gasteiger partial charge in [0.15, 0.2) is 5.96 Å². The maximum atomic E-state index is 12.0. The molecular formula is C18H24BrIN4OS. The normalized spacial score (nSPS) is 10.8. The molecule has 0 atom stereocenters. The molecule has 26 heavy (non-hydrogen) atoms. The van der Waals surface area contributed by atoms with E-state index in [2.05, 4.69) is 53.7 Å². The number of nitrogens with zero attached hydrogens (tertiary/aromatic N) is 1. The van der Waals surface area contributed by atoms with Crippen molar-refractivity contribution in [1.82, 2.24) is 16.0 Å². The van der Waals surface area contributed by atoms with Gasteiger partial charge in [-0.05, 0) is 60.0 Å². The molecule has 2 rings (SSSR count). The highest BCUT2D eigenvalue weighted by Crippen LogP contribution is 2.10. The third-order valence-corrected chi connectivity index (χ3v) is 4.64. The van der Waals surface area contributed by atoms with Crippen LogP contribution in [0.4, 0.5) is 0 Å². The molecule has 0 bridgehead atoms. The lowest BCUT2D eigenvalue weighted by Gasteiger charge is -2.11. The number of carbonyl (C=O) groups excluding carboxylic acids is 1. The Morgan fingerprint density at radius 2 is 1.85 bits per heavy atom. The monoisotopic (exact) mass is 550 g/mol. The van der Waals surface area contributed by atoms with Crippen molar-refractivity contribution in [3.05, 3.63) is 56.7 Å². The highest BCUT2D eigenvalue weighted by atomic mass is 127. The number of hydrogen-bond acceptors (Lipinski definition) is 3. The molecule has 5 nitrogen and oxygen atoms in total. The molecule has 0 aliphatic heterocycles. The van der Waals surface area contributed by atoms with Crippen molar-refractivity contribution in [2.45, 2.75) is 19.9 Å². The summed E-state index contributed by atoms with van der Waals surface area (Å²) >= 11 is 5.04. The van der Waals surface area contributed by atoms with E-state index in [-0.39, 0.29) is 29.9 Å². The van der Waals surface area contributed by atoms with Gasteiger partial charge < -0.3 is 16.0 Å². The Kier molecular flexibility index (Phi) is 11.5. The maximum Gasteiger partial charge on any atom is 0.251 e. The minimum atomic E-state index is -0.0504. The molecule has 1 heterocycles. The van der Waals surface area contributed by atoms with Crippen LogP contribution in [0.5, 0.6) is 0 Å². The minimum absolute atomic E-state index is 0. The van der Waals surface area contributed by atoms with Gasteiger partial charge in [-0.25, -0.2) is 4.99 Å². The standard InChI is InChI=1S/C18H23BrN4OS.HI/c1-2-20-18(23-12-14-8-11-25-13-14)22-10-3-9-21-17(24)15-4-6-16(19)7-5-15;/h4-8,11,13H,2-3,9-10,12H2,1H3,(H,21,24)(H2,20,22,23);1H. The van der Waals surface area contributed by atoms with Crippen LogP contribution < -0.4 is 16.0 Å². The van der Waals surface area contributed by atoms with Crippen LogP contribution in [-0.4, -0.2) is 31.5 Å². The summed E-state index contributed by atoms with van der Waals surface area (Å²) in [6.07, 6.45) is 0.825. The van der Waals surface area contributed by atoms with Gasteiger partial charge in [-0.2, -0.15) is 11.3 Å². The lowest BCUT2D eigenvalue weighted by Crippen LogP contribution is -2.38. The Morgan fingerprint density at radius 3 is 2.50 bits per heavy atom. The number of carbonyl (C=O) groups is 1. The van der Waals surface area contributed by atoms with Gasteiger partial charge >= 0.3 is 0 Å². The van der Waals surface area contributed by atoms with Crippen molar-refractivity contribution in [1.29, 1.82) is 0 Å². The fourth-order valence-corrected chi connectivity index (χ4v) is 3.02. The summed E-state index contributed by atoms with van der Waals surface area (Å²) in [5, 5.41) is 13.6. The number of amides is 1. The van der Waals surface area contributed by atoms with Gasteiger partial charge in [0, 0.05) is 29.7 Å². The second-order valence-corrected chi connectivity index (χ2v) is 7.07. The zero-order valence-electron chi connectivity index (χ0n) is 14.6. The van der Waals surface area contributed by atoms with Crippen LogP contribution in [0.3, 0.4) is 0 Å². The first-order chi connectivity index (χ1) is 12.2. The Bertz CT molecular complexity index is 677. The van der Waals surface area contributed by atoms with Crippen LogP contribution in [0.25, 0.3) is 0 Å². The zero-order chi connectivity index (χ0) is 17.9. The second-order valence-electron chi connectivity index (χ2n) is 5.37. The maximum absolute atomic E-state index is 12.0. The molecule has 142 valence electrons. The van der Waals surface area contributed by atoms with Crippen LogP contribution in [0.15, 0.2) is 50.6 Å². The third kappa shape index (κ3) is 8.50. The van der Waals surface area contributed by atoms with E-state index >= 15 is 0 Å². The average Bonchev–Trinajstić information content (AvgIpc) is 3.13. The number of hydrogen-bond donors (Lipinski definition) is 3. The van der Waals surface area contributed by atoms with Crippen molar-refractivity contribution in [3.63, 3.8) is 0 Å². The molecule has 0 spiro atoms. The summed E-state index contributed by atoms with van der Waals surface area (Å²) in [6.45, 7) is 4.89. The molecule has 0 unspecified atom stereocenters. The first kappa shape index (κ1) is 22.9. The van der Waals surface area contributed by atoms with Crippen molar-refractivity contribution in [2.75, 3.05) is 19.6 Å². The molecule has 0 saturated heterocycles. The molecule has 0 radical (unpaired) electrons. The topological polar surface area (TPSA) is 65.5 Å². The molecule has 0 fully saturated rings. The van der Waals surface area contributed by atoms with Gasteiger partial charge in [0.25, 0.3) is 5.91 Å². The van der Waals surface area contributed by atoms with Gasteiger partial charge in [0.2, 0.25) is 0 Å². The smallest absolute Gasteiger partial charge is 0.251 e. The Labute approximate surface area is 184 Å². The molecule has 0 aliphatic rings. The summed E-state index contributed by atoms with van der Waals surface area (Å²) in [7, 11) is 0. The number of nitrogens with one attached hydrogen (secondary N) is 3. The number of rotatable bonds is 8.